The van der Waals surface area contributed by atoms with Gasteiger partial charge in [0.2, 0.25) is 5.91 Å². The van der Waals surface area contributed by atoms with E-state index in [0.29, 0.717) is 5.56 Å². The highest BCUT2D eigenvalue weighted by molar-refractivity contribution is 5.92. The van der Waals surface area contributed by atoms with Gasteiger partial charge in [-0.1, -0.05) is 12.1 Å². The van der Waals surface area contributed by atoms with Gasteiger partial charge in [-0.25, -0.2) is 4.39 Å². The Balaban J connectivity index is 1.78. The maximum Gasteiger partial charge on any atom is 0.248 e. The SMILES string of the molecule is NC(=O)c1ccc(CN2CCc3cc(F)ccc32)cc1. The summed E-state index contributed by atoms with van der Waals surface area (Å²) in [4.78, 5) is 13.2. The second-order valence-electron chi connectivity index (χ2n) is 5.01. The van der Waals surface area contributed by atoms with Crippen molar-refractivity contribution >= 4 is 11.6 Å². The summed E-state index contributed by atoms with van der Waals surface area (Å²) in [5.41, 5.74) is 8.98. The molecule has 1 heterocycles. The molecule has 0 bridgehead atoms. The highest BCUT2D eigenvalue weighted by Crippen LogP contribution is 2.29. The molecule has 0 radical (unpaired) electrons. The van der Waals surface area contributed by atoms with Crippen molar-refractivity contribution in [2.75, 3.05) is 11.4 Å². The number of hydrogen-bond donors (Lipinski definition) is 1. The lowest BCUT2D eigenvalue weighted by atomic mass is 10.1. The van der Waals surface area contributed by atoms with E-state index in [-0.39, 0.29) is 5.82 Å². The molecule has 102 valence electrons. The fourth-order valence-electron chi connectivity index (χ4n) is 2.60. The van der Waals surface area contributed by atoms with Crippen LogP contribution in [0.3, 0.4) is 0 Å². The van der Waals surface area contributed by atoms with Gasteiger partial charge in [-0.3, -0.25) is 4.79 Å². The Morgan fingerprint density at radius 3 is 2.65 bits per heavy atom. The first-order valence-corrected chi connectivity index (χ1v) is 6.55. The maximum absolute atomic E-state index is 13.2. The molecule has 4 heteroatoms. The Morgan fingerprint density at radius 2 is 1.95 bits per heavy atom. The third kappa shape index (κ3) is 2.37. The van der Waals surface area contributed by atoms with Crippen LogP contribution in [0.5, 0.6) is 0 Å². The van der Waals surface area contributed by atoms with Crippen LogP contribution in [0.15, 0.2) is 42.5 Å². The average Bonchev–Trinajstić information content (AvgIpc) is 2.81. The van der Waals surface area contributed by atoms with Crippen LogP contribution in [0, 0.1) is 5.82 Å². The second-order valence-corrected chi connectivity index (χ2v) is 5.01. The van der Waals surface area contributed by atoms with Gasteiger partial charge in [-0.15, -0.1) is 0 Å². The van der Waals surface area contributed by atoms with E-state index in [4.69, 9.17) is 5.73 Å². The summed E-state index contributed by atoms with van der Waals surface area (Å²) in [7, 11) is 0. The molecule has 2 aromatic rings. The van der Waals surface area contributed by atoms with Gasteiger partial charge in [0, 0.05) is 24.3 Å². The van der Waals surface area contributed by atoms with Gasteiger partial charge in [0.25, 0.3) is 0 Å². The minimum Gasteiger partial charge on any atom is -0.367 e. The van der Waals surface area contributed by atoms with Gasteiger partial charge in [0.05, 0.1) is 0 Å². The number of anilines is 1. The Morgan fingerprint density at radius 1 is 1.20 bits per heavy atom. The zero-order chi connectivity index (χ0) is 14.1. The number of nitrogens with zero attached hydrogens (tertiary/aromatic N) is 1. The van der Waals surface area contributed by atoms with Crippen molar-refractivity contribution in [3.8, 4) is 0 Å². The average molecular weight is 270 g/mol. The van der Waals surface area contributed by atoms with Crippen LogP contribution in [0.4, 0.5) is 10.1 Å². The monoisotopic (exact) mass is 270 g/mol. The highest BCUT2D eigenvalue weighted by atomic mass is 19.1. The summed E-state index contributed by atoms with van der Waals surface area (Å²) in [6.07, 6.45) is 0.868. The molecule has 2 N–H and O–H groups in total. The van der Waals surface area contributed by atoms with Crippen LogP contribution >= 0.6 is 0 Å². The first kappa shape index (κ1) is 12.7. The summed E-state index contributed by atoms with van der Waals surface area (Å²) in [5, 5.41) is 0. The van der Waals surface area contributed by atoms with Gasteiger partial charge in [-0.05, 0) is 47.9 Å². The number of benzene rings is 2. The largest absolute Gasteiger partial charge is 0.367 e. The van der Waals surface area contributed by atoms with Crippen LogP contribution < -0.4 is 10.6 Å². The van der Waals surface area contributed by atoms with E-state index < -0.39 is 5.91 Å². The Kier molecular flexibility index (Phi) is 3.14. The Bertz CT molecular complexity index is 652. The third-order valence-corrected chi connectivity index (χ3v) is 3.65. The molecule has 1 amide bonds. The van der Waals surface area contributed by atoms with Gasteiger partial charge >= 0.3 is 0 Å². The zero-order valence-electron chi connectivity index (χ0n) is 11.0. The van der Waals surface area contributed by atoms with E-state index in [1.165, 1.54) is 6.07 Å². The van der Waals surface area contributed by atoms with Crippen LogP contribution in [-0.4, -0.2) is 12.5 Å². The molecule has 1 aliphatic rings. The van der Waals surface area contributed by atoms with Crippen molar-refractivity contribution < 1.29 is 9.18 Å². The topological polar surface area (TPSA) is 46.3 Å². The molecular formula is C16H15FN2O. The van der Waals surface area contributed by atoms with Crippen molar-refractivity contribution in [1.29, 1.82) is 0 Å². The van der Waals surface area contributed by atoms with Crippen LogP contribution in [0.1, 0.15) is 21.5 Å². The predicted molar refractivity (Wildman–Crippen MR) is 76.1 cm³/mol. The number of primary amides is 1. The first-order valence-electron chi connectivity index (χ1n) is 6.55. The lowest BCUT2D eigenvalue weighted by Crippen LogP contribution is -2.19. The number of carbonyl (C=O) groups excluding carboxylic acids is 1. The Hall–Kier alpha value is -2.36. The molecule has 3 rings (SSSR count). The van der Waals surface area contributed by atoms with Crippen molar-refractivity contribution in [2.24, 2.45) is 5.73 Å². The minimum atomic E-state index is -0.418. The molecule has 0 spiro atoms. The van der Waals surface area contributed by atoms with Gasteiger partial charge in [-0.2, -0.15) is 0 Å². The molecule has 20 heavy (non-hydrogen) atoms. The van der Waals surface area contributed by atoms with Gasteiger partial charge in [0.15, 0.2) is 0 Å². The maximum atomic E-state index is 13.2. The molecule has 0 saturated heterocycles. The van der Waals surface area contributed by atoms with Gasteiger partial charge < -0.3 is 10.6 Å². The van der Waals surface area contributed by atoms with Crippen molar-refractivity contribution in [3.05, 3.63) is 65.0 Å². The smallest absolute Gasteiger partial charge is 0.248 e. The zero-order valence-corrected chi connectivity index (χ0v) is 11.0. The number of amides is 1. The predicted octanol–water partition coefficient (Wildman–Crippen LogP) is 2.49. The molecular weight excluding hydrogens is 255 g/mol. The minimum absolute atomic E-state index is 0.184. The number of carbonyl (C=O) groups is 1. The number of hydrogen-bond acceptors (Lipinski definition) is 2. The lowest BCUT2D eigenvalue weighted by molar-refractivity contribution is 0.100. The Labute approximate surface area is 116 Å². The molecule has 0 fully saturated rings. The summed E-state index contributed by atoms with van der Waals surface area (Å²) < 4.78 is 13.2. The summed E-state index contributed by atoms with van der Waals surface area (Å²) in [6.45, 7) is 1.63. The van der Waals surface area contributed by atoms with E-state index in [1.807, 2.05) is 18.2 Å². The molecule has 0 aliphatic carbocycles. The summed E-state index contributed by atoms with van der Waals surface area (Å²) in [5.74, 6) is -0.602. The number of halogens is 1. The first-order chi connectivity index (χ1) is 9.63. The fourth-order valence-corrected chi connectivity index (χ4v) is 2.60. The molecule has 3 nitrogen and oxygen atoms in total. The van der Waals surface area contributed by atoms with Crippen molar-refractivity contribution in [1.82, 2.24) is 0 Å². The quantitative estimate of drug-likeness (QED) is 0.931. The number of fused-ring (bicyclic) bond motifs is 1. The fraction of sp³-hybridized carbons (Fsp3) is 0.188. The normalized spacial score (nSPS) is 13.3. The van der Waals surface area contributed by atoms with Crippen LogP contribution in [-0.2, 0) is 13.0 Å². The van der Waals surface area contributed by atoms with Crippen molar-refractivity contribution in [2.45, 2.75) is 13.0 Å². The molecule has 1 aliphatic heterocycles. The number of rotatable bonds is 3. The highest BCUT2D eigenvalue weighted by Gasteiger charge is 2.19. The van der Waals surface area contributed by atoms with Crippen LogP contribution in [0.25, 0.3) is 0 Å². The number of nitrogens with two attached hydrogens (primary N) is 1. The van der Waals surface area contributed by atoms with E-state index in [1.54, 1.807) is 18.2 Å². The van der Waals surface area contributed by atoms with Crippen LogP contribution in [0.2, 0.25) is 0 Å². The standard InChI is InChI=1S/C16H15FN2O/c17-14-5-6-15-13(9-14)7-8-19(15)10-11-1-3-12(4-2-11)16(18)20/h1-6,9H,7-8,10H2,(H2,18,20). The second kappa shape index (κ2) is 4.96. The van der Waals surface area contributed by atoms with E-state index >= 15 is 0 Å². The van der Waals surface area contributed by atoms with E-state index in [9.17, 15) is 9.18 Å². The molecule has 0 aromatic heterocycles. The molecule has 0 unspecified atom stereocenters. The molecule has 2 aromatic carbocycles. The molecule has 0 saturated carbocycles. The van der Waals surface area contributed by atoms with E-state index in [2.05, 4.69) is 4.90 Å². The summed E-state index contributed by atoms with van der Waals surface area (Å²) >= 11 is 0. The lowest BCUT2D eigenvalue weighted by Gasteiger charge is -2.19. The molecule has 0 atom stereocenters. The van der Waals surface area contributed by atoms with Gasteiger partial charge in [0.1, 0.15) is 5.82 Å². The van der Waals surface area contributed by atoms with E-state index in [0.717, 1.165) is 36.3 Å². The van der Waals surface area contributed by atoms with Crippen molar-refractivity contribution in [3.63, 3.8) is 0 Å². The third-order valence-electron chi connectivity index (χ3n) is 3.65. The summed E-state index contributed by atoms with van der Waals surface area (Å²) in [6, 6.07) is 12.2.